The first kappa shape index (κ1) is 20.2. The van der Waals surface area contributed by atoms with Gasteiger partial charge in [0.2, 0.25) is 5.91 Å². The van der Waals surface area contributed by atoms with Gasteiger partial charge in [-0.2, -0.15) is 0 Å². The van der Waals surface area contributed by atoms with Crippen molar-refractivity contribution in [1.82, 2.24) is 4.90 Å². The maximum absolute atomic E-state index is 15.0. The quantitative estimate of drug-likeness (QED) is 0.731. The fourth-order valence-corrected chi connectivity index (χ4v) is 5.67. The molecule has 0 unspecified atom stereocenters. The van der Waals surface area contributed by atoms with Crippen molar-refractivity contribution in [2.75, 3.05) is 31.2 Å². The van der Waals surface area contributed by atoms with Crippen LogP contribution in [0.15, 0.2) is 48.5 Å². The normalized spacial score (nSPS) is 23.0. The van der Waals surface area contributed by atoms with Gasteiger partial charge in [0.15, 0.2) is 0 Å². The van der Waals surface area contributed by atoms with Crippen LogP contribution >= 0.6 is 0 Å². The van der Waals surface area contributed by atoms with Crippen LogP contribution in [0.25, 0.3) is 0 Å². The van der Waals surface area contributed by atoms with Crippen LogP contribution < -0.4 is 4.90 Å². The third-order valence-electron chi connectivity index (χ3n) is 7.07. The molecule has 6 heteroatoms. The fourth-order valence-electron chi connectivity index (χ4n) is 5.67. The molecule has 2 aromatic carbocycles. The van der Waals surface area contributed by atoms with Gasteiger partial charge in [0.25, 0.3) is 5.91 Å². The van der Waals surface area contributed by atoms with Crippen molar-refractivity contribution in [3.05, 3.63) is 65.5 Å². The van der Waals surface area contributed by atoms with Gasteiger partial charge in [0.05, 0.1) is 30.4 Å². The fraction of sp³-hybridized carbons (Fsp3) is 0.440. The van der Waals surface area contributed by atoms with Crippen LogP contribution in [-0.2, 0) is 9.53 Å². The summed E-state index contributed by atoms with van der Waals surface area (Å²) in [6, 6.07) is 13.8. The molecule has 1 aliphatic carbocycles. The zero-order chi connectivity index (χ0) is 21.4. The van der Waals surface area contributed by atoms with Crippen LogP contribution in [0, 0.1) is 5.82 Å². The number of rotatable bonds is 2. The molecule has 5 nitrogen and oxygen atoms in total. The number of morpholine rings is 1. The van der Waals surface area contributed by atoms with Gasteiger partial charge < -0.3 is 9.64 Å². The van der Waals surface area contributed by atoms with Crippen molar-refractivity contribution in [2.24, 2.45) is 0 Å². The maximum Gasteiger partial charge on any atom is 0.259 e. The monoisotopic (exact) mass is 422 g/mol. The molecule has 2 heterocycles. The number of fused-ring (bicyclic) bond motifs is 1. The van der Waals surface area contributed by atoms with Gasteiger partial charge in [-0.3, -0.25) is 14.5 Å². The molecule has 2 aliphatic heterocycles. The van der Waals surface area contributed by atoms with E-state index in [-0.39, 0.29) is 17.5 Å². The summed E-state index contributed by atoms with van der Waals surface area (Å²) in [6.07, 6.45) is 4.24. The van der Waals surface area contributed by atoms with E-state index in [1.807, 2.05) is 23.1 Å². The lowest BCUT2D eigenvalue weighted by Crippen LogP contribution is -2.64. The number of ether oxygens (including phenoxy) is 1. The van der Waals surface area contributed by atoms with Gasteiger partial charge in [-0.1, -0.05) is 49.6 Å². The predicted molar refractivity (Wildman–Crippen MR) is 116 cm³/mol. The molecule has 0 bridgehead atoms. The van der Waals surface area contributed by atoms with E-state index < -0.39 is 17.3 Å². The molecule has 31 heavy (non-hydrogen) atoms. The van der Waals surface area contributed by atoms with Crippen molar-refractivity contribution in [2.45, 2.75) is 43.6 Å². The second kappa shape index (κ2) is 8.08. The van der Waals surface area contributed by atoms with Gasteiger partial charge in [-0.05, 0) is 36.6 Å². The zero-order valence-corrected chi connectivity index (χ0v) is 17.6. The second-order valence-electron chi connectivity index (χ2n) is 8.71. The van der Waals surface area contributed by atoms with Crippen LogP contribution in [0.3, 0.4) is 0 Å². The van der Waals surface area contributed by atoms with Crippen molar-refractivity contribution in [1.29, 1.82) is 0 Å². The van der Waals surface area contributed by atoms with Crippen LogP contribution in [0.5, 0.6) is 0 Å². The molecule has 1 saturated heterocycles. The highest BCUT2D eigenvalue weighted by Gasteiger charge is 2.56. The molecule has 0 radical (unpaired) electrons. The van der Waals surface area contributed by atoms with E-state index in [9.17, 15) is 9.59 Å². The highest BCUT2D eigenvalue weighted by Crippen LogP contribution is 2.51. The van der Waals surface area contributed by atoms with E-state index in [0.29, 0.717) is 44.7 Å². The molecule has 1 saturated carbocycles. The lowest BCUT2D eigenvalue weighted by molar-refractivity contribution is -0.139. The summed E-state index contributed by atoms with van der Waals surface area (Å²) in [7, 11) is 0. The van der Waals surface area contributed by atoms with E-state index in [1.165, 1.54) is 6.07 Å². The van der Waals surface area contributed by atoms with Gasteiger partial charge in [-0.25, -0.2) is 4.39 Å². The first-order chi connectivity index (χ1) is 15.1. The molecular formula is C25H27FN2O3. The standard InChI is InChI=1S/C25H27FN2O3/c26-20-10-4-5-11-21(20)28-23(29)19-9-3-2-8-18(19)22(25(28)12-6-1-7-13-25)24(30)27-14-16-31-17-15-27/h2-5,8-11,22H,1,6-7,12-17H2/t22-/m0/s1. The number of halogens is 1. The topological polar surface area (TPSA) is 49.9 Å². The number of para-hydroxylation sites is 1. The highest BCUT2D eigenvalue weighted by molar-refractivity contribution is 6.12. The molecule has 162 valence electrons. The van der Waals surface area contributed by atoms with Gasteiger partial charge in [-0.15, -0.1) is 0 Å². The van der Waals surface area contributed by atoms with Crippen LogP contribution in [0.4, 0.5) is 10.1 Å². The van der Waals surface area contributed by atoms with Crippen LogP contribution in [0.2, 0.25) is 0 Å². The Kier molecular flexibility index (Phi) is 5.26. The lowest BCUT2D eigenvalue weighted by Gasteiger charge is -2.54. The Labute approximate surface area is 181 Å². The van der Waals surface area contributed by atoms with E-state index in [0.717, 1.165) is 24.8 Å². The molecule has 2 fully saturated rings. The Hall–Kier alpha value is -2.73. The molecule has 2 aromatic rings. The van der Waals surface area contributed by atoms with Crippen molar-refractivity contribution >= 4 is 17.5 Å². The molecule has 0 N–H and O–H groups in total. The lowest BCUT2D eigenvalue weighted by atomic mass is 9.65. The number of anilines is 1. The zero-order valence-electron chi connectivity index (χ0n) is 17.6. The molecule has 1 atom stereocenters. The first-order valence-corrected chi connectivity index (χ1v) is 11.2. The Morgan fingerprint density at radius 2 is 1.65 bits per heavy atom. The largest absolute Gasteiger partial charge is 0.378 e. The number of nitrogens with zero attached hydrogens (tertiary/aromatic N) is 2. The smallest absolute Gasteiger partial charge is 0.259 e. The van der Waals surface area contributed by atoms with Gasteiger partial charge in [0.1, 0.15) is 5.82 Å². The minimum Gasteiger partial charge on any atom is -0.378 e. The van der Waals surface area contributed by atoms with Crippen molar-refractivity contribution in [3.8, 4) is 0 Å². The molecule has 1 spiro atoms. The van der Waals surface area contributed by atoms with Gasteiger partial charge >= 0.3 is 0 Å². The van der Waals surface area contributed by atoms with E-state index in [4.69, 9.17) is 4.74 Å². The maximum atomic E-state index is 15.0. The van der Waals surface area contributed by atoms with Crippen LogP contribution in [0.1, 0.15) is 53.9 Å². The number of carbonyl (C=O) groups excluding carboxylic acids is 2. The van der Waals surface area contributed by atoms with Crippen LogP contribution in [-0.4, -0.2) is 48.6 Å². The summed E-state index contributed by atoms with van der Waals surface area (Å²) >= 11 is 0. The molecule has 3 aliphatic rings. The van der Waals surface area contributed by atoms with Gasteiger partial charge in [0, 0.05) is 18.7 Å². The summed E-state index contributed by atoms with van der Waals surface area (Å²) in [4.78, 5) is 31.3. The number of amides is 2. The molecule has 2 amide bonds. The SMILES string of the molecule is O=C([C@@H]1c2ccccc2C(=O)N(c2ccccc2F)C12CCCCC2)N1CCOCC1. The number of hydrogen-bond acceptors (Lipinski definition) is 3. The number of hydrogen-bond donors (Lipinski definition) is 0. The summed E-state index contributed by atoms with van der Waals surface area (Å²) in [5, 5.41) is 0. The highest BCUT2D eigenvalue weighted by atomic mass is 19.1. The number of benzene rings is 2. The summed E-state index contributed by atoms with van der Waals surface area (Å²) in [5.74, 6) is -1.14. The third kappa shape index (κ3) is 3.24. The van der Waals surface area contributed by atoms with Crippen molar-refractivity contribution < 1.29 is 18.7 Å². The Bertz CT molecular complexity index is 996. The van der Waals surface area contributed by atoms with E-state index in [1.54, 1.807) is 29.2 Å². The summed E-state index contributed by atoms with van der Waals surface area (Å²) in [5.41, 5.74) is 0.775. The molecular weight excluding hydrogens is 395 g/mol. The Morgan fingerprint density at radius 1 is 0.968 bits per heavy atom. The minimum atomic E-state index is -0.763. The summed E-state index contributed by atoms with van der Waals surface area (Å²) < 4.78 is 20.5. The predicted octanol–water partition coefficient (Wildman–Crippen LogP) is 4.13. The minimum absolute atomic E-state index is 0.0199. The third-order valence-corrected chi connectivity index (χ3v) is 7.07. The van der Waals surface area contributed by atoms with E-state index in [2.05, 4.69) is 0 Å². The van der Waals surface area contributed by atoms with E-state index >= 15 is 4.39 Å². The Balaban J connectivity index is 1.72. The summed E-state index contributed by atoms with van der Waals surface area (Å²) in [6.45, 7) is 2.12. The van der Waals surface area contributed by atoms with Crippen molar-refractivity contribution in [3.63, 3.8) is 0 Å². The molecule has 5 rings (SSSR count). The second-order valence-corrected chi connectivity index (χ2v) is 8.71. The Morgan fingerprint density at radius 3 is 2.39 bits per heavy atom. The number of carbonyl (C=O) groups is 2. The average molecular weight is 423 g/mol. The first-order valence-electron chi connectivity index (χ1n) is 11.2. The average Bonchev–Trinajstić information content (AvgIpc) is 2.81. The molecule has 0 aromatic heterocycles.